The number of aryl methyl sites for hydroxylation is 2. The second kappa shape index (κ2) is 5.19. The van der Waals surface area contributed by atoms with Crippen molar-refractivity contribution < 1.29 is 8.42 Å². The van der Waals surface area contributed by atoms with E-state index in [0.717, 1.165) is 31.2 Å². The Morgan fingerprint density at radius 1 is 1.17 bits per heavy atom. The Morgan fingerprint density at radius 2 is 1.78 bits per heavy atom. The fourth-order valence-electron chi connectivity index (χ4n) is 2.37. The number of hydrogen-bond acceptors (Lipinski definition) is 2. The van der Waals surface area contributed by atoms with Gasteiger partial charge in [-0.3, -0.25) is 0 Å². The number of halogens is 1. The van der Waals surface area contributed by atoms with Crippen molar-refractivity contribution in [3.63, 3.8) is 0 Å². The molecule has 1 fully saturated rings. The zero-order chi connectivity index (χ0) is 13.3. The molecule has 18 heavy (non-hydrogen) atoms. The van der Waals surface area contributed by atoms with E-state index in [0.29, 0.717) is 15.5 Å². The fraction of sp³-hybridized carbons (Fsp3) is 0.538. The lowest BCUT2D eigenvalue weighted by molar-refractivity contribution is 0.551. The third-order valence-electron chi connectivity index (χ3n) is 3.42. The van der Waals surface area contributed by atoms with Gasteiger partial charge in [0.05, 0.1) is 4.90 Å². The van der Waals surface area contributed by atoms with Crippen LogP contribution in [-0.2, 0) is 10.0 Å². The highest BCUT2D eigenvalue weighted by atomic mass is 35.5. The average Bonchev–Trinajstić information content (AvgIpc) is 2.75. The topological polar surface area (TPSA) is 46.2 Å². The first kappa shape index (κ1) is 13.8. The van der Waals surface area contributed by atoms with Crippen LogP contribution < -0.4 is 4.72 Å². The van der Waals surface area contributed by atoms with Crippen LogP contribution in [0.15, 0.2) is 17.0 Å². The third kappa shape index (κ3) is 2.87. The summed E-state index contributed by atoms with van der Waals surface area (Å²) in [6.45, 7) is 3.59. The van der Waals surface area contributed by atoms with Crippen molar-refractivity contribution in [2.24, 2.45) is 0 Å². The van der Waals surface area contributed by atoms with Crippen LogP contribution in [0.1, 0.15) is 36.8 Å². The van der Waals surface area contributed by atoms with E-state index >= 15 is 0 Å². The Morgan fingerprint density at radius 3 is 2.39 bits per heavy atom. The molecule has 1 aromatic rings. The van der Waals surface area contributed by atoms with Crippen molar-refractivity contribution in [1.82, 2.24) is 4.72 Å². The number of nitrogens with one attached hydrogen (secondary N) is 1. The van der Waals surface area contributed by atoms with Gasteiger partial charge in [0.15, 0.2) is 0 Å². The maximum atomic E-state index is 12.3. The van der Waals surface area contributed by atoms with Gasteiger partial charge < -0.3 is 0 Å². The van der Waals surface area contributed by atoms with Crippen molar-refractivity contribution in [3.05, 3.63) is 28.3 Å². The van der Waals surface area contributed by atoms with Crippen LogP contribution in [0.4, 0.5) is 0 Å². The summed E-state index contributed by atoms with van der Waals surface area (Å²) < 4.78 is 27.4. The van der Waals surface area contributed by atoms with Crippen LogP contribution >= 0.6 is 11.6 Å². The lowest BCUT2D eigenvalue weighted by Gasteiger charge is -2.15. The Labute approximate surface area is 114 Å². The highest BCUT2D eigenvalue weighted by molar-refractivity contribution is 7.89. The molecule has 1 aromatic carbocycles. The van der Waals surface area contributed by atoms with Gasteiger partial charge in [-0.05, 0) is 49.9 Å². The van der Waals surface area contributed by atoms with Crippen LogP contribution in [0, 0.1) is 13.8 Å². The van der Waals surface area contributed by atoms with Gasteiger partial charge in [-0.15, -0.1) is 0 Å². The zero-order valence-corrected chi connectivity index (χ0v) is 12.2. The lowest BCUT2D eigenvalue weighted by atomic mass is 10.2. The summed E-state index contributed by atoms with van der Waals surface area (Å²) in [5.41, 5.74) is 1.48. The Balaban J connectivity index is 2.31. The van der Waals surface area contributed by atoms with Gasteiger partial charge in [0.25, 0.3) is 0 Å². The second-order valence-electron chi connectivity index (χ2n) is 4.97. The van der Waals surface area contributed by atoms with Crippen molar-refractivity contribution >= 4 is 21.6 Å². The summed E-state index contributed by atoms with van der Waals surface area (Å²) >= 11 is 5.99. The lowest BCUT2D eigenvalue weighted by Crippen LogP contribution is -2.33. The minimum absolute atomic E-state index is 0.0883. The smallest absolute Gasteiger partial charge is 0.208 e. The summed E-state index contributed by atoms with van der Waals surface area (Å²) in [5, 5.41) is 0.604. The first-order chi connectivity index (χ1) is 8.40. The van der Waals surface area contributed by atoms with Gasteiger partial charge in [-0.1, -0.05) is 24.4 Å². The van der Waals surface area contributed by atoms with Crippen LogP contribution in [0.5, 0.6) is 0 Å². The summed E-state index contributed by atoms with van der Waals surface area (Å²) in [5.74, 6) is 0. The predicted octanol–water partition coefficient (Wildman–Crippen LogP) is 3.18. The Bertz CT molecular complexity index is 548. The largest absolute Gasteiger partial charge is 0.241 e. The SMILES string of the molecule is Cc1cc(S(=O)(=O)NC2CCCC2)c(C)cc1Cl. The minimum atomic E-state index is -3.42. The van der Waals surface area contributed by atoms with Crippen molar-refractivity contribution in [2.45, 2.75) is 50.5 Å². The highest BCUT2D eigenvalue weighted by Crippen LogP contribution is 2.25. The van der Waals surface area contributed by atoms with Crippen molar-refractivity contribution in [3.8, 4) is 0 Å². The molecule has 0 spiro atoms. The molecule has 100 valence electrons. The summed E-state index contributed by atoms with van der Waals surface area (Å²) in [7, 11) is -3.42. The van der Waals surface area contributed by atoms with Crippen LogP contribution in [0.25, 0.3) is 0 Å². The van der Waals surface area contributed by atoms with E-state index in [1.54, 1.807) is 19.1 Å². The molecule has 0 radical (unpaired) electrons. The molecule has 0 heterocycles. The number of hydrogen-bond donors (Lipinski definition) is 1. The van der Waals surface area contributed by atoms with E-state index in [1.807, 2.05) is 6.92 Å². The van der Waals surface area contributed by atoms with Gasteiger partial charge in [0, 0.05) is 11.1 Å². The minimum Gasteiger partial charge on any atom is -0.208 e. The maximum absolute atomic E-state index is 12.3. The van der Waals surface area contributed by atoms with E-state index < -0.39 is 10.0 Å². The molecule has 1 N–H and O–H groups in total. The van der Waals surface area contributed by atoms with E-state index in [-0.39, 0.29) is 6.04 Å². The molecular formula is C13H18ClNO2S. The molecule has 2 rings (SSSR count). The first-order valence-electron chi connectivity index (χ1n) is 6.19. The van der Waals surface area contributed by atoms with Gasteiger partial charge in [-0.2, -0.15) is 0 Å². The molecule has 1 saturated carbocycles. The number of rotatable bonds is 3. The normalized spacial score (nSPS) is 17.3. The first-order valence-corrected chi connectivity index (χ1v) is 8.05. The van der Waals surface area contributed by atoms with Crippen molar-refractivity contribution in [2.75, 3.05) is 0 Å². The van der Waals surface area contributed by atoms with Gasteiger partial charge in [0.1, 0.15) is 0 Å². The van der Waals surface area contributed by atoms with E-state index in [4.69, 9.17) is 11.6 Å². The molecule has 0 saturated heterocycles. The quantitative estimate of drug-likeness (QED) is 0.928. The van der Waals surface area contributed by atoms with Crippen molar-refractivity contribution in [1.29, 1.82) is 0 Å². The average molecular weight is 288 g/mol. The van der Waals surface area contributed by atoms with Gasteiger partial charge in [0.2, 0.25) is 10.0 Å². The highest BCUT2D eigenvalue weighted by Gasteiger charge is 2.24. The van der Waals surface area contributed by atoms with Crippen LogP contribution in [0.3, 0.4) is 0 Å². The molecular weight excluding hydrogens is 270 g/mol. The second-order valence-corrected chi connectivity index (χ2v) is 7.06. The van der Waals surface area contributed by atoms with E-state index in [9.17, 15) is 8.42 Å². The molecule has 0 bridgehead atoms. The molecule has 1 aliphatic rings. The standard InChI is InChI=1S/C13H18ClNO2S/c1-9-8-13(10(2)7-12(9)14)18(16,17)15-11-5-3-4-6-11/h7-8,11,15H,3-6H2,1-2H3. The third-order valence-corrected chi connectivity index (χ3v) is 5.49. The molecule has 0 aromatic heterocycles. The zero-order valence-electron chi connectivity index (χ0n) is 10.7. The summed E-state index contributed by atoms with van der Waals surface area (Å²) in [4.78, 5) is 0.344. The molecule has 0 amide bonds. The molecule has 0 atom stereocenters. The van der Waals surface area contributed by atoms with Gasteiger partial charge >= 0.3 is 0 Å². The monoisotopic (exact) mass is 287 g/mol. The number of benzene rings is 1. The Hall–Kier alpha value is -0.580. The summed E-state index contributed by atoms with van der Waals surface area (Å²) in [6.07, 6.45) is 4.08. The maximum Gasteiger partial charge on any atom is 0.241 e. The number of sulfonamides is 1. The fourth-order valence-corrected chi connectivity index (χ4v) is 4.20. The van der Waals surface area contributed by atoms with E-state index in [1.165, 1.54) is 0 Å². The van der Waals surface area contributed by atoms with Crippen LogP contribution in [-0.4, -0.2) is 14.5 Å². The molecule has 1 aliphatic carbocycles. The molecule has 0 aliphatic heterocycles. The summed E-state index contributed by atoms with van der Waals surface area (Å²) in [6, 6.07) is 3.44. The Kier molecular flexibility index (Phi) is 3.99. The predicted molar refractivity (Wildman–Crippen MR) is 73.5 cm³/mol. The molecule has 3 nitrogen and oxygen atoms in total. The van der Waals surface area contributed by atoms with Crippen LogP contribution in [0.2, 0.25) is 5.02 Å². The van der Waals surface area contributed by atoms with E-state index in [2.05, 4.69) is 4.72 Å². The van der Waals surface area contributed by atoms with Gasteiger partial charge in [-0.25, -0.2) is 13.1 Å². The molecule has 0 unspecified atom stereocenters. The molecule has 5 heteroatoms.